The Morgan fingerprint density at radius 1 is 1.12 bits per heavy atom. The molecule has 0 aliphatic carbocycles. The number of carbonyl (C=O) groups is 3. The lowest BCUT2D eigenvalue weighted by atomic mass is 10.1. The van der Waals surface area contributed by atoms with Crippen molar-refractivity contribution < 1.29 is 14.4 Å². The number of aromatic nitrogens is 1. The summed E-state index contributed by atoms with van der Waals surface area (Å²) in [6.07, 6.45) is 0. The van der Waals surface area contributed by atoms with Gasteiger partial charge in [0.15, 0.2) is 5.78 Å². The van der Waals surface area contributed by atoms with Crippen molar-refractivity contribution in [3.63, 3.8) is 0 Å². The minimum absolute atomic E-state index is 0.0723. The first kappa shape index (κ1) is 19.4. The topological polar surface area (TPSA) is 82.3 Å². The maximum Gasteiger partial charge on any atom is 0.272 e. The number of H-pyrrole nitrogens is 1. The average Bonchev–Trinajstić information content (AvgIpc) is 2.90. The Kier molecular flexibility index (Phi) is 5.97. The van der Waals surface area contributed by atoms with E-state index < -0.39 is 0 Å². The fourth-order valence-electron chi connectivity index (χ4n) is 3.12. The highest BCUT2D eigenvalue weighted by atomic mass is 16.2. The number of hydrogen-bond donors (Lipinski definition) is 2. The van der Waals surface area contributed by atoms with Crippen molar-refractivity contribution in [1.82, 2.24) is 9.88 Å². The smallest absolute Gasteiger partial charge is 0.272 e. The summed E-state index contributed by atoms with van der Waals surface area (Å²) in [7, 11) is 0. The third-order valence-electron chi connectivity index (χ3n) is 4.43. The number of Topliss-reactive ketones (excluding diaryl/α,β-unsaturated/α-hetero) is 1. The lowest BCUT2D eigenvalue weighted by Gasteiger charge is -2.19. The number of aromatic amines is 1. The Hall–Kier alpha value is -2.89. The second kappa shape index (κ2) is 7.99. The van der Waals surface area contributed by atoms with Crippen LogP contribution >= 0.6 is 0 Å². The molecule has 6 heteroatoms. The zero-order valence-corrected chi connectivity index (χ0v) is 15.9. The molecule has 0 atom stereocenters. The summed E-state index contributed by atoms with van der Waals surface area (Å²) in [4.78, 5) is 41.5. The Bertz CT molecular complexity index is 848. The molecule has 0 spiro atoms. The quantitative estimate of drug-likeness (QED) is 0.777. The lowest BCUT2D eigenvalue weighted by molar-refractivity contribution is 0.0772. The minimum Gasteiger partial charge on any atom is -0.354 e. The molecule has 0 aliphatic heterocycles. The molecule has 0 radical (unpaired) electrons. The Balaban J connectivity index is 2.26. The van der Waals surface area contributed by atoms with E-state index in [0.717, 1.165) is 0 Å². The maximum atomic E-state index is 12.6. The van der Waals surface area contributed by atoms with E-state index in [4.69, 9.17) is 0 Å². The van der Waals surface area contributed by atoms with Crippen LogP contribution in [0.15, 0.2) is 24.3 Å². The number of nitrogens with zero attached hydrogens (tertiary/aromatic N) is 1. The van der Waals surface area contributed by atoms with Gasteiger partial charge in [-0.3, -0.25) is 14.4 Å². The van der Waals surface area contributed by atoms with Gasteiger partial charge in [0.05, 0.1) is 0 Å². The van der Waals surface area contributed by atoms with Crippen molar-refractivity contribution >= 4 is 23.3 Å². The highest BCUT2D eigenvalue weighted by molar-refractivity contribution is 6.08. The molecule has 2 N–H and O–H groups in total. The van der Waals surface area contributed by atoms with Crippen molar-refractivity contribution in [1.29, 1.82) is 0 Å². The molecule has 0 saturated carbocycles. The first-order valence-electron chi connectivity index (χ1n) is 8.70. The molecule has 0 saturated heterocycles. The van der Waals surface area contributed by atoms with Crippen LogP contribution in [0.1, 0.15) is 63.2 Å². The lowest BCUT2D eigenvalue weighted by Crippen LogP contribution is -2.30. The molecule has 1 heterocycles. The van der Waals surface area contributed by atoms with Crippen LogP contribution in [0.3, 0.4) is 0 Å². The number of carbonyl (C=O) groups excluding carboxylic acids is 3. The van der Waals surface area contributed by atoms with Gasteiger partial charge in [-0.15, -0.1) is 0 Å². The molecule has 0 fully saturated rings. The second-order valence-electron chi connectivity index (χ2n) is 6.19. The molecular weight excluding hydrogens is 330 g/mol. The van der Waals surface area contributed by atoms with Crippen molar-refractivity contribution in [2.75, 3.05) is 18.4 Å². The minimum atomic E-state index is -0.342. The number of aryl methyl sites for hydroxylation is 1. The van der Waals surface area contributed by atoms with Gasteiger partial charge in [0.25, 0.3) is 11.8 Å². The molecule has 1 aromatic heterocycles. The van der Waals surface area contributed by atoms with Crippen molar-refractivity contribution in [2.24, 2.45) is 0 Å². The van der Waals surface area contributed by atoms with Gasteiger partial charge < -0.3 is 15.2 Å². The number of amides is 2. The summed E-state index contributed by atoms with van der Waals surface area (Å²) in [5.41, 5.74) is 3.25. The zero-order chi connectivity index (χ0) is 19.4. The number of benzene rings is 1. The van der Waals surface area contributed by atoms with Crippen LogP contribution in [0.25, 0.3) is 0 Å². The molecule has 2 aromatic rings. The van der Waals surface area contributed by atoms with Crippen LogP contribution < -0.4 is 5.32 Å². The summed E-state index contributed by atoms with van der Waals surface area (Å²) < 4.78 is 0. The van der Waals surface area contributed by atoms with Crippen LogP contribution in [0, 0.1) is 13.8 Å². The Morgan fingerprint density at radius 2 is 1.77 bits per heavy atom. The van der Waals surface area contributed by atoms with E-state index in [1.54, 1.807) is 43.0 Å². The highest BCUT2D eigenvalue weighted by Crippen LogP contribution is 2.20. The predicted molar refractivity (Wildman–Crippen MR) is 102 cm³/mol. The fourth-order valence-corrected chi connectivity index (χ4v) is 3.12. The summed E-state index contributed by atoms with van der Waals surface area (Å²) in [6.45, 7) is 10.1. The summed E-state index contributed by atoms with van der Waals surface area (Å²) in [5, 5.41) is 2.80. The van der Waals surface area contributed by atoms with Gasteiger partial charge in [-0.25, -0.2) is 0 Å². The van der Waals surface area contributed by atoms with Crippen LogP contribution in [0.2, 0.25) is 0 Å². The molecule has 26 heavy (non-hydrogen) atoms. The van der Waals surface area contributed by atoms with Gasteiger partial charge in [-0.05, 0) is 58.4 Å². The van der Waals surface area contributed by atoms with Crippen LogP contribution in [0.4, 0.5) is 5.69 Å². The number of ketones is 1. The van der Waals surface area contributed by atoms with E-state index in [0.29, 0.717) is 46.9 Å². The van der Waals surface area contributed by atoms with Gasteiger partial charge >= 0.3 is 0 Å². The van der Waals surface area contributed by atoms with Crippen LogP contribution in [-0.2, 0) is 0 Å². The number of nitrogens with one attached hydrogen (secondary N) is 2. The molecular formula is C20H25N3O3. The van der Waals surface area contributed by atoms with E-state index in [2.05, 4.69) is 10.3 Å². The first-order chi connectivity index (χ1) is 12.3. The third kappa shape index (κ3) is 3.85. The SMILES string of the molecule is CCN(CC)C(=O)c1cccc(NC(=O)c2[nH]c(C)c(C(C)=O)c2C)c1. The van der Waals surface area contributed by atoms with E-state index in [1.807, 2.05) is 13.8 Å². The Labute approximate surface area is 153 Å². The molecule has 2 amide bonds. The van der Waals surface area contributed by atoms with Gasteiger partial charge in [0, 0.05) is 35.6 Å². The van der Waals surface area contributed by atoms with E-state index in [1.165, 1.54) is 6.92 Å². The van der Waals surface area contributed by atoms with E-state index in [9.17, 15) is 14.4 Å². The van der Waals surface area contributed by atoms with Gasteiger partial charge in [-0.1, -0.05) is 6.07 Å². The average molecular weight is 355 g/mol. The normalized spacial score (nSPS) is 10.5. The third-order valence-corrected chi connectivity index (χ3v) is 4.43. The Morgan fingerprint density at radius 3 is 2.31 bits per heavy atom. The number of anilines is 1. The summed E-state index contributed by atoms with van der Waals surface area (Å²) in [6, 6.07) is 6.86. The molecule has 6 nitrogen and oxygen atoms in total. The molecule has 0 aliphatic rings. The van der Waals surface area contributed by atoms with Crippen molar-refractivity contribution in [3.05, 3.63) is 52.3 Å². The predicted octanol–water partition coefficient (Wildman–Crippen LogP) is 3.57. The maximum absolute atomic E-state index is 12.6. The monoisotopic (exact) mass is 355 g/mol. The standard InChI is InChI=1S/C20H25N3O3/c1-6-23(7-2)20(26)15-9-8-10-16(11-15)22-19(25)18-12(3)17(14(5)24)13(4)21-18/h8-11,21H,6-7H2,1-5H3,(H,22,25). The highest BCUT2D eigenvalue weighted by Gasteiger charge is 2.20. The van der Waals surface area contributed by atoms with Crippen molar-refractivity contribution in [3.8, 4) is 0 Å². The van der Waals surface area contributed by atoms with Crippen molar-refractivity contribution in [2.45, 2.75) is 34.6 Å². The molecule has 2 rings (SSSR count). The summed E-state index contributed by atoms with van der Waals surface area (Å²) in [5.74, 6) is -0.496. The van der Waals surface area contributed by atoms with Crippen LogP contribution in [0.5, 0.6) is 0 Å². The largest absolute Gasteiger partial charge is 0.354 e. The summed E-state index contributed by atoms with van der Waals surface area (Å²) >= 11 is 0. The second-order valence-corrected chi connectivity index (χ2v) is 6.19. The number of hydrogen-bond acceptors (Lipinski definition) is 3. The van der Waals surface area contributed by atoms with Crippen LogP contribution in [-0.4, -0.2) is 40.6 Å². The van der Waals surface area contributed by atoms with E-state index >= 15 is 0 Å². The molecule has 138 valence electrons. The molecule has 0 unspecified atom stereocenters. The first-order valence-corrected chi connectivity index (χ1v) is 8.70. The molecule has 0 bridgehead atoms. The zero-order valence-electron chi connectivity index (χ0n) is 15.9. The fraction of sp³-hybridized carbons (Fsp3) is 0.350. The van der Waals surface area contributed by atoms with Gasteiger partial charge in [0.2, 0.25) is 0 Å². The molecule has 1 aromatic carbocycles. The van der Waals surface area contributed by atoms with E-state index in [-0.39, 0.29) is 17.6 Å². The van der Waals surface area contributed by atoms with Gasteiger partial charge in [-0.2, -0.15) is 0 Å². The van der Waals surface area contributed by atoms with Gasteiger partial charge in [0.1, 0.15) is 5.69 Å². The number of rotatable bonds is 6.